The minimum Gasteiger partial charge on any atom is -0.378 e. The van der Waals surface area contributed by atoms with Crippen molar-refractivity contribution in [3.63, 3.8) is 0 Å². The molecule has 0 aliphatic carbocycles. The van der Waals surface area contributed by atoms with Crippen molar-refractivity contribution in [2.24, 2.45) is 5.92 Å². The number of carbonyl (C=O) groups excluding carboxylic acids is 1. The van der Waals surface area contributed by atoms with E-state index in [-0.39, 0.29) is 24.3 Å². The molecule has 8 heteroatoms. The van der Waals surface area contributed by atoms with Gasteiger partial charge in [0.05, 0.1) is 12.2 Å². The number of sulfonamides is 1. The molecule has 2 unspecified atom stereocenters. The highest BCUT2D eigenvalue weighted by Crippen LogP contribution is 2.31. The Morgan fingerprint density at radius 3 is 2.61 bits per heavy atom. The number of fused-ring (bicyclic) bond motifs is 1. The topological polar surface area (TPSA) is 85.5 Å². The third-order valence-corrected chi connectivity index (χ3v) is 7.78. The van der Waals surface area contributed by atoms with Crippen LogP contribution in [0.5, 0.6) is 0 Å². The van der Waals surface area contributed by atoms with E-state index >= 15 is 0 Å². The Balaban J connectivity index is 1.57. The van der Waals surface area contributed by atoms with Crippen molar-refractivity contribution in [1.82, 2.24) is 14.6 Å². The monoisotopic (exact) mass is 468 g/mol. The molecular weight excluding hydrogens is 436 g/mol. The van der Waals surface area contributed by atoms with Crippen molar-refractivity contribution < 1.29 is 13.2 Å². The summed E-state index contributed by atoms with van der Waals surface area (Å²) in [5.74, 6) is -0.442. The molecule has 1 aliphatic heterocycles. The van der Waals surface area contributed by atoms with Crippen LogP contribution < -0.4 is 10.2 Å². The molecule has 2 heterocycles. The summed E-state index contributed by atoms with van der Waals surface area (Å²) < 4.78 is 25.3. The van der Waals surface area contributed by atoms with E-state index in [0.29, 0.717) is 25.9 Å². The van der Waals surface area contributed by atoms with Crippen LogP contribution in [0.4, 0.5) is 5.69 Å². The van der Waals surface area contributed by atoms with E-state index in [1.165, 1.54) is 10.6 Å². The molecule has 1 aliphatic rings. The lowest BCUT2D eigenvalue weighted by molar-refractivity contribution is -0.126. The third kappa shape index (κ3) is 5.23. The number of carbonyl (C=O) groups is 1. The zero-order valence-corrected chi connectivity index (χ0v) is 20.2. The van der Waals surface area contributed by atoms with E-state index in [1.54, 1.807) is 0 Å². The van der Waals surface area contributed by atoms with E-state index < -0.39 is 10.0 Å². The maximum atomic E-state index is 13.0. The van der Waals surface area contributed by atoms with E-state index in [2.05, 4.69) is 45.5 Å². The molecule has 2 aromatic carbocycles. The Kier molecular flexibility index (Phi) is 6.76. The minimum atomic E-state index is -3.29. The van der Waals surface area contributed by atoms with Crippen molar-refractivity contribution in [2.45, 2.75) is 18.8 Å². The van der Waals surface area contributed by atoms with Gasteiger partial charge in [0.1, 0.15) is 0 Å². The molecule has 176 valence electrons. The second-order valence-electron chi connectivity index (χ2n) is 9.03. The average molecular weight is 469 g/mol. The molecule has 2 N–H and O–H groups in total. The first-order chi connectivity index (χ1) is 15.7. The predicted molar refractivity (Wildman–Crippen MR) is 133 cm³/mol. The Hall–Kier alpha value is -2.84. The molecule has 4 rings (SSSR count). The normalized spacial score (nSPS) is 18.2. The van der Waals surface area contributed by atoms with Gasteiger partial charge in [0, 0.05) is 62.4 Å². The van der Waals surface area contributed by atoms with Crippen LogP contribution >= 0.6 is 0 Å². The summed E-state index contributed by atoms with van der Waals surface area (Å²) in [7, 11) is 0.728. The Morgan fingerprint density at radius 1 is 1.18 bits per heavy atom. The molecule has 7 nitrogen and oxygen atoms in total. The van der Waals surface area contributed by atoms with Gasteiger partial charge in [-0.05, 0) is 42.2 Å². The maximum Gasteiger partial charge on any atom is 0.224 e. The number of benzene rings is 2. The second-order valence-corrected chi connectivity index (χ2v) is 11.0. The summed E-state index contributed by atoms with van der Waals surface area (Å²) in [5, 5.41) is 4.26. The molecule has 33 heavy (non-hydrogen) atoms. The van der Waals surface area contributed by atoms with E-state index in [0.717, 1.165) is 27.7 Å². The maximum absolute atomic E-state index is 13.0. The SMILES string of the molecule is CN(C)c1ccc(C(CNC(=O)C2CCCN(S(C)(=O)=O)C2)c2c[nH]c3ccccc23)cc1. The van der Waals surface area contributed by atoms with Gasteiger partial charge in [-0.3, -0.25) is 4.79 Å². The summed E-state index contributed by atoms with van der Waals surface area (Å²) >= 11 is 0. The van der Waals surface area contributed by atoms with Crippen LogP contribution in [0.25, 0.3) is 10.9 Å². The van der Waals surface area contributed by atoms with Crippen LogP contribution in [0.3, 0.4) is 0 Å². The highest BCUT2D eigenvalue weighted by atomic mass is 32.2. The fourth-order valence-corrected chi connectivity index (χ4v) is 5.51. The van der Waals surface area contributed by atoms with Crippen molar-refractivity contribution in [1.29, 1.82) is 0 Å². The summed E-state index contributed by atoms with van der Waals surface area (Å²) in [6.45, 7) is 1.18. The van der Waals surface area contributed by atoms with Crippen LogP contribution in [0, 0.1) is 5.92 Å². The second kappa shape index (κ2) is 9.57. The average Bonchev–Trinajstić information content (AvgIpc) is 3.23. The number of H-pyrrole nitrogens is 1. The van der Waals surface area contributed by atoms with E-state index in [1.807, 2.05) is 38.5 Å². The number of nitrogens with one attached hydrogen (secondary N) is 2. The van der Waals surface area contributed by atoms with Gasteiger partial charge in [-0.2, -0.15) is 0 Å². The molecule has 0 radical (unpaired) electrons. The van der Waals surface area contributed by atoms with Gasteiger partial charge in [-0.15, -0.1) is 0 Å². The molecule has 1 amide bonds. The zero-order valence-electron chi connectivity index (χ0n) is 19.4. The number of anilines is 1. The fraction of sp³-hybridized carbons (Fsp3) is 0.400. The number of aromatic nitrogens is 1. The smallest absolute Gasteiger partial charge is 0.224 e. The molecular formula is C25H32N4O3S. The fourth-order valence-electron chi connectivity index (χ4n) is 4.60. The quantitative estimate of drug-likeness (QED) is 0.558. The molecule has 3 aromatic rings. The summed E-state index contributed by atoms with van der Waals surface area (Å²) in [6.07, 6.45) is 4.63. The molecule has 2 atom stereocenters. The van der Waals surface area contributed by atoms with Gasteiger partial charge in [-0.25, -0.2) is 12.7 Å². The van der Waals surface area contributed by atoms with Gasteiger partial charge >= 0.3 is 0 Å². The first kappa shape index (κ1) is 23.3. The third-order valence-electron chi connectivity index (χ3n) is 6.51. The standard InChI is InChI=1S/C25H32N4O3S/c1-28(2)20-12-10-18(11-13-20)22(23-16-26-24-9-5-4-8-21(23)24)15-27-25(30)19-7-6-14-29(17-19)33(3,31)32/h4-5,8-13,16,19,22,26H,6-7,14-15,17H2,1-3H3,(H,27,30). The largest absolute Gasteiger partial charge is 0.378 e. The van der Waals surface area contributed by atoms with Crippen molar-refractivity contribution in [3.05, 3.63) is 65.9 Å². The Bertz CT molecular complexity index is 1220. The lowest BCUT2D eigenvalue weighted by Crippen LogP contribution is -2.45. The first-order valence-corrected chi connectivity index (χ1v) is 13.1. The summed E-state index contributed by atoms with van der Waals surface area (Å²) in [5.41, 5.74) is 4.42. The van der Waals surface area contributed by atoms with E-state index in [4.69, 9.17) is 0 Å². The van der Waals surface area contributed by atoms with Crippen LogP contribution in [-0.2, 0) is 14.8 Å². The minimum absolute atomic E-state index is 0.0316. The zero-order chi connectivity index (χ0) is 23.6. The summed E-state index contributed by atoms with van der Waals surface area (Å²) in [6, 6.07) is 16.6. The van der Waals surface area contributed by atoms with Gasteiger partial charge in [0.15, 0.2) is 0 Å². The number of hydrogen-bond donors (Lipinski definition) is 2. The van der Waals surface area contributed by atoms with Gasteiger partial charge < -0.3 is 15.2 Å². The molecule has 0 spiro atoms. The molecule has 1 fully saturated rings. The molecule has 0 bridgehead atoms. The number of piperidine rings is 1. The van der Waals surface area contributed by atoms with Crippen molar-refractivity contribution in [3.8, 4) is 0 Å². The molecule has 1 saturated heterocycles. The van der Waals surface area contributed by atoms with Gasteiger partial charge in [0.25, 0.3) is 0 Å². The van der Waals surface area contributed by atoms with Crippen LogP contribution in [0.1, 0.15) is 29.9 Å². The van der Waals surface area contributed by atoms with Gasteiger partial charge in [0.2, 0.25) is 15.9 Å². The Labute approximate surface area is 195 Å². The van der Waals surface area contributed by atoms with Crippen LogP contribution in [0.2, 0.25) is 0 Å². The number of nitrogens with zero attached hydrogens (tertiary/aromatic N) is 2. The summed E-state index contributed by atoms with van der Waals surface area (Å²) in [4.78, 5) is 18.4. The number of hydrogen-bond acceptors (Lipinski definition) is 4. The molecule has 1 aromatic heterocycles. The molecule has 0 saturated carbocycles. The lowest BCUT2D eigenvalue weighted by Gasteiger charge is -2.30. The number of para-hydroxylation sites is 1. The van der Waals surface area contributed by atoms with Gasteiger partial charge in [-0.1, -0.05) is 30.3 Å². The first-order valence-electron chi connectivity index (χ1n) is 11.3. The highest BCUT2D eigenvalue weighted by molar-refractivity contribution is 7.88. The number of rotatable bonds is 7. The Morgan fingerprint density at radius 2 is 1.91 bits per heavy atom. The number of amides is 1. The number of aromatic amines is 1. The van der Waals surface area contributed by atoms with Crippen molar-refractivity contribution >= 4 is 32.5 Å². The lowest BCUT2D eigenvalue weighted by atomic mass is 9.90. The van der Waals surface area contributed by atoms with Crippen LogP contribution in [0.15, 0.2) is 54.7 Å². The van der Waals surface area contributed by atoms with E-state index in [9.17, 15) is 13.2 Å². The van der Waals surface area contributed by atoms with Crippen LogP contribution in [-0.4, -0.2) is 63.6 Å². The predicted octanol–water partition coefficient (Wildman–Crippen LogP) is 3.15. The van der Waals surface area contributed by atoms with Crippen molar-refractivity contribution in [2.75, 3.05) is 44.9 Å². The highest BCUT2D eigenvalue weighted by Gasteiger charge is 2.30.